The third kappa shape index (κ3) is 3.09. The van der Waals surface area contributed by atoms with Crippen LogP contribution in [0.2, 0.25) is 0 Å². The van der Waals surface area contributed by atoms with Crippen LogP contribution in [0.4, 0.5) is 5.69 Å². The predicted molar refractivity (Wildman–Crippen MR) is 122 cm³/mol. The summed E-state index contributed by atoms with van der Waals surface area (Å²) in [6, 6.07) is 2.06. The number of anilines is 1. The van der Waals surface area contributed by atoms with Gasteiger partial charge in [0, 0.05) is 35.8 Å². The number of amides is 1. The van der Waals surface area contributed by atoms with Crippen LogP contribution in [-0.2, 0) is 16.0 Å². The van der Waals surface area contributed by atoms with E-state index in [0.717, 1.165) is 5.69 Å². The first-order valence-corrected chi connectivity index (χ1v) is 11.3. The maximum absolute atomic E-state index is 12.6. The van der Waals surface area contributed by atoms with Crippen LogP contribution >= 0.6 is 0 Å². The number of nitrogens with zero attached hydrogens (tertiary/aromatic N) is 1. The first-order chi connectivity index (χ1) is 16.1. The second-order valence-corrected chi connectivity index (χ2v) is 9.42. The number of hydrogen-bond donors (Lipinski definition) is 7. The number of hydrogen-bond acceptors (Lipinski definition) is 9. The van der Waals surface area contributed by atoms with E-state index in [1.165, 1.54) is 6.07 Å². The lowest BCUT2D eigenvalue weighted by Gasteiger charge is -2.41. The number of phenolic OH excluding ortho intramolecular Hbond substituents is 1. The van der Waals surface area contributed by atoms with E-state index in [1.807, 2.05) is 0 Å². The molecule has 10 nitrogen and oxygen atoms in total. The number of benzene rings is 1. The van der Waals surface area contributed by atoms with Crippen LogP contribution in [-0.4, -0.2) is 62.5 Å². The molecule has 1 heterocycles. The maximum Gasteiger partial charge on any atom is 0.256 e. The average molecular weight is 469 g/mol. The quantitative estimate of drug-likeness (QED) is 0.307. The number of allylic oxidation sites excluding steroid dienone is 2. The molecule has 5 rings (SSSR count). The Labute approximate surface area is 195 Å². The van der Waals surface area contributed by atoms with Gasteiger partial charge in [0.2, 0.25) is 0 Å². The summed E-state index contributed by atoms with van der Waals surface area (Å²) in [6.45, 7) is 1.23. The molecule has 1 aromatic rings. The van der Waals surface area contributed by atoms with Crippen molar-refractivity contribution in [1.82, 2.24) is 0 Å². The number of carbonyl (C=O) groups excluding carboxylic acids is 2. The van der Waals surface area contributed by atoms with Gasteiger partial charge in [-0.3, -0.25) is 9.59 Å². The Kier molecular flexibility index (Phi) is 5.10. The van der Waals surface area contributed by atoms with Gasteiger partial charge in [0.25, 0.3) is 5.91 Å². The average Bonchev–Trinajstić information content (AvgIpc) is 2.78. The number of piperidine rings is 1. The van der Waals surface area contributed by atoms with E-state index in [2.05, 4.69) is 4.90 Å². The number of aromatic hydroxyl groups is 1. The zero-order valence-electron chi connectivity index (χ0n) is 18.4. The Bertz CT molecular complexity index is 1210. The molecule has 1 saturated heterocycles. The van der Waals surface area contributed by atoms with Crippen molar-refractivity contribution < 1.29 is 35.1 Å². The van der Waals surface area contributed by atoms with E-state index in [0.29, 0.717) is 37.9 Å². The number of nitrogens with two attached hydrogens (primary N) is 2. The van der Waals surface area contributed by atoms with E-state index < -0.39 is 46.7 Å². The van der Waals surface area contributed by atoms with Crippen molar-refractivity contribution >= 4 is 23.1 Å². The van der Waals surface area contributed by atoms with Crippen LogP contribution < -0.4 is 16.4 Å². The molecule has 0 bridgehead atoms. The van der Waals surface area contributed by atoms with E-state index in [1.54, 1.807) is 6.07 Å². The van der Waals surface area contributed by atoms with Gasteiger partial charge in [-0.05, 0) is 49.3 Å². The lowest BCUT2D eigenvalue weighted by molar-refractivity contribution is -0.123. The largest absolute Gasteiger partial charge is 0.507 e. The summed E-state index contributed by atoms with van der Waals surface area (Å²) < 4.78 is 0. The van der Waals surface area contributed by atoms with Crippen molar-refractivity contribution in [1.29, 1.82) is 0 Å². The molecule has 1 aliphatic heterocycles. The third-order valence-electron chi connectivity index (χ3n) is 7.56. The molecule has 1 amide bonds. The molecule has 1 fully saturated rings. The molecule has 1 aromatic carbocycles. The highest BCUT2D eigenvalue weighted by Gasteiger charge is 2.49. The molecule has 10 heteroatoms. The number of aliphatic hydroxyl groups is 4. The standard InChI is InChI=1S/C24H27N3O7/c25-19-12-8-9-7-11-13(27-5-3-10(28)4-6-27)1-2-14(29)16(11)20(30)15(9)21(31)17(12)22(32)18(23(19)33)24(26)34/h1-2,9-10,12,19,28-32H,3-8,25H2,(H2,26,34)/t9-,12+,19?/m0/s1. The second kappa shape index (κ2) is 7.78. The molecule has 9 N–H and O–H groups in total. The molecule has 0 aromatic heterocycles. The zero-order valence-corrected chi connectivity index (χ0v) is 18.4. The van der Waals surface area contributed by atoms with Crippen LogP contribution in [0.25, 0.3) is 5.76 Å². The molecule has 3 aliphatic carbocycles. The van der Waals surface area contributed by atoms with Crippen molar-refractivity contribution in [2.45, 2.75) is 37.8 Å². The highest BCUT2D eigenvalue weighted by Crippen LogP contribution is 2.52. The van der Waals surface area contributed by atoms with Crippen LogP contribution in [0.15, 0.2) is 40.4 Å². The minimum atomic E-state index is -1.19. The van der Waals surface area contributed by atoms with E-state index in [-0.39, 0.29) is 40.7 Å². The normalized spacial score (nSPS) is 27.5. The summed E-state index contributed by atoms with van der Waals surface area (Å²) in [4.78, 5) is 26.5. The Morgan fingerprint density at radius 1 is 1.00 bits per heavy atom. The number of Topliss-reactive ketones (excluding diaryl/α,β-unsaturated/α-hetero) is 1. The van der Waals surface area contributed by atoms with E-state index in [9.17, 15) is 35.1 Å². The number of rotatable bonds is 2. The monoisotopic (exact) mass is 469 g/mol. The molecule has 0 radical (unpaired) electrons. The minimum absolute atomic E-state index is 0.0946. The summed E-state index contributed by atoms with van der Waals surface area (Å²) >= 11 is 0. The van der Waals surface area contributed by atoms with Crippen molar-refractivity contribution in [2.24, 2.45) is 23.3 Å². The first-order valence-electron chi connectivity index (χ1n) is 11.3. The smallest absolute Gasteiger partial charge is 0.256 e. The number of aliphatic hydroxyl groups excluding tert-OH is 4. The molecule has 34 heavy (non-hydrogen) atoms. The van der Waals surface area contributed by atoms with Crippen molar-refractivity contribution in [3.8, 4) is 5.75 Å². The lowest BCUT2D eigenvalue weighted by Crippen LogP contribution is -2.49. The van der Waals surface area contributed by atoms with Crippen LogP contribution in [0.5, 0.6) is 5.75 Å². The van der Waals surface area contributed by atoms with Crippen molar-refractivity contribution in [2.75, 3.05) is 18.0 Å². The number of fused-ring (bicyclic) bond motifs is 3. The number of carbonyl (C=O) groups is 2. The fraction of sp³-hybridized carbons (Fsp3) is 0.417. The Balaban J connectivity index is 1.68. The van der Waals surface area contributed by atoms with Gasteiger partial charge in [0.1, 0.15) is 28.6 Å². The molecule has 1 unspecified atom stereocenters. The molecule has 180 valence electrons. The van der Waals surface area contributed by atoms with Gasteiger partial charge >= 0.3 is 0 Å². The third-order valence-corrected chi connectivity index (χ3v) is 7.56. The highest BCUT2D eigenvalue weighted by molar-refractivity contribution is 6.22. The van der Waals surface area contributed by atoms with Crippen molar-refractivity contribution in [3.05, 3.63) is 51.5 Å². The van der Waals surface area contributed by atoms with Gasteiger partial charge in [-0.1, -0.05) is 0 Å². The van der Waals surface area contributed by atoms with Gasteiger partial charge in [0.05, 0.1) is 17.7 Å². The number of phenols is 1. The zero-order chi connectivity index (χ0) is 24.5. The SMILES string of the molecule is NC(=O)C1=C(O)C2=C(O)C3=C(O)c4c(O)ccc(N5CCC(O)CC5)c4C[C@H]3C[C@H]2C(N)C1=O. The molecule has 0 spiro atoms. The predicted octanol–water partition coefficient (Wildman–Crippen LogP) is 0.834. The Hall–Kier alpha value is -3.50. The molecular formula is C24H27N3O7. The van der Waals surface area contributed by atoms with E-state index >= 15 is 0 Å². The number of ketones is 1. The fourth-order valence-electron chi connectivity index (χ4n) is 5.88. The van der Waals surface area contributed by atoms with Gasteiger partial charge in [0.15, 0.2) is 5.78 Å². The van der Waals surface area contributed by atoms with Gasteiger partial charge in [-0.2, -0.15) is 0 Å². The Morgan fingerprint density at radius 3 is 2.32 bits per heavy atom. The molecule has 0 saturated carbocycles. The second-order valence-electron chi connectivity index (χ2n) is 9.42. The van der Waals surface area contributed by atoms with E-state index in [4.69, 9.17) is 11.5 Å². The first kappa shape index (κ1) is 22.3. The van der Waals surface area contributed by atoms with Crippen molar-refractivity contribution in [3.63, 3.8) is 0 Å². The van der Waals surface area contributed by atoms with Gasteiger partial charge in [-0.25, -0.2) is 0 Å². The van der Waals surface area contributed by atoms with Crippen LogP contribution in [0.1, 0.15) is 30.4 Å². The minimum Gasteiger partial charge on any atom is -0.507 e. The number of primary amides is 1. The summed E-state index contributed by atoms with van der Waals surface area (Å²) in [5.74, 6) is -4.84. The molecule has 3 atom stereocenters. The summed E-state index contributed by atoms with van der Waals surface area (Å²) in [7, 11) is 0. The topological polar surface area (TPSA) is 191 Å². The summed E-state index contributed by atoms with van der Waals surface area (Å²) in [5, 5.41) is 53.5. The maximum atomic E-state index is 12.6. The fourth-order valence-corrected chi connectivity index (χ4v) is 5.88. The molecule has 4 aliphatic rings. The summed E-state index contributed by atoms with van der Waals surface area (Å²) in [5.41, 5.74) is 12.5. The van der Waals surface area contributed by atoms with Gasteiger partial charge in [-0.15, -0.1) is 0 Å². The Morgan fingerprint density at radius 2 is 1.68 bits per heavy atom. The van der Waals surface area contributed by atoms with Crippen LogP contribution in [0.3, 0.4) is 0 Å². The molecular weight excluding hydrogens is 442 g/mol. The lowest BCUT2D eigenvalue weighted by atomic mass is 9.65. The highest BCUT2D eigenvalue weighted by atomic mass is 16.3. The summed E-state index contributed by atoms with van der Waals surface area (Å²) in [6.07, 6.45) is 1.42. The van der Waals surface area contributed by atoms with Crippen LogP contribution in [0, 0.1) is 11.8 Å². The van der Waals surface area contributed by atoms with Gasteiger partial charge < -0.3 is 41.9 Å².